The van der Waals surface area contributed by atoms with Crippen LogP contribution in [-0.2, 0) is 12.7 Å². The normalized spacial score (nSPS) is 11.9. The van der Waals surface area contributed by atoms with Crippen LogP contribution in [0.15, 0.2) is 53.1 Å². The summed E-state index contributed by atoms with van der Waals surface area (Å²) in [6.45, 7) is -2.17. The van der Waals surface area contributed by atoms with E-state index < -0.39 is 48.1 Å². The summed E-state index contributed by atoms with van der Waals surface area (Å²) in [5.74, 6) is -0.541. The number of benzene rings is 2. The fraction of sp³-hybridized carbons (Fsp3) is 0.200. The molecule has 0 radical (unpaired) electrons. The summed E-state index contributed by atoms with van der Waals surface area (Å²) in [7, 11) is 0. The lowest BCUT2D eigenvalue weighted by Crippen LogP contribution is -2.34. The Labute approximate surface area is 171 Å². The van der Waals surface area contributed by atoms with Crippen molar-refractivity contribution in [3.63, 3.8) is 0 Å². The second-order valence-corrected chi connectivity index (χ2v) is 6.44. The number of hydrogen-bond acceptors (Lipinski definition) is 4. The lowest BCUT2D eigenvalue weighted by Gasteiger charge is -2.25. The molecule has 1 heterocycles. The van der Waals surface area contributed by atoms with E-state index >= 15 is 0 Å². The van der Waals surface area contributed by atoms with Crippen LogP contribution in [0.2, 0.25) is 0 Å². The van der Waals surface area contributed by atoms with Crippen molar-refractivity contribution >= 4 is 5.69 Å². The molecular formula is C20H12F7N3O. The van der Waals surface area contributed by atoms with Gasteiger partial charge in [-0.1, -0.05) is 0 Å². The predicted molar refractivity (Wildman–Crippen MR) is 95.2 cm³/mol. The van der Waals surface area contributed by atoms with Crippen LogP contribution in [-0.4, -0.2) is 17.7 Å². The maximum atomic E-state index is 13.2. The van der Waals surface area contributed by atoms with Crippen molar-refractivity contribution in [3.8, 4) is 17.4 Å². The van der Waals surface area contributed by atoms with E-state index in [2.05, 4.69) is 4.98 Å². The van der Waals surface area contributed by atoms with Gasteiger partial charge in [-0.3, -0.25) is 0 Å². The van der Waals surface area contributed by atoms with E-state index in [1.54, 1.807) is 0 Å². The van der Waals surface area contributed by atoms with Crippen LogP contribution in [0.5, 0.6) is 0 Å². The van der Waals surface area contributed by atoms with Gasteiger partial charge in [-0.15, -0.1) is 0 Å². The van der Waals surface area contributed by atoms with Gasteiger partial charge in [0, 0.05) is 11.3 Å². The van der Waals surface area contributed by atoms with Gasteiger partial charge in [0.05, 0.1) is 29.9 Å². The average molecular weight is 443 g/mol. The van der Waals surface area contributed by atoms with Crippen molar-refractivity contribution in [3.05, 3.63) is 71.5 Å². The molecule has 0 aliphatic rings. The number of aromatic nitrogens is 1. The minimum absolute atomic E-state index is 0.151. The number of hydrogen-bond donors (Lipinski definition) is 0. The number of nitrogens with zero attached hydrogens (tertiary/aromatic N) is 3. The van der Waals surface area contributed by atoms with Crippen LogP contribution in [0.3, 0.4) is 0 Å². The Balaban J connectivity index is 1.94. The maximum absolute atomic E-state index is 13.2. The minimum atomic E-state index is -4.93. The molecule has 11 heteroatoms. The van der Waals surface area contributed by atoms with E-state index in [1.165, 1.54) is 24.4 Å². The van der Waals surface area contributed by atoms with Crippen LogP contribution in [0, 0.1) is 17.1 Å². The van der Waals surface area contributed by atoms with Crippen LogP contribution in [0.1, 0.15) is 17.0 Å². The first-order valence-corrected chi connectivity index (χ1v) is 8.60. The number of nitriles is 1. The first kappa shape index (κ1) is 22.1. The zero-order valence-electron chi connectivity index (χ0n) is 15.4. The highest BCUT2D eigenvalue weighted by atomic mass is 19.4. The molecule has 0 aliphatic heterocycles. The van der Waals surface area contributed by atoms with E-state index in [4.69, 9.17) is 9.68 Å². The third-order valence-electron chi connectivity index (χ3n) is 4.17. The Bertz CT molecular complexity index is 1100. The topological polar surface area (TPSA) is 53.1 Å². The summed E-state index contributed by atoms with van der Waals surface area (Å²) in [5.41, 5.74) is -2.05. The van der Waals surface area contributed by atoms with E-state index in [0.717, 1.165) is 24.3 Å². The summed E-state index contributed by atoms with van der Waals surface area (Å²) in [5, 5.41) is 8.87. The fourth-order valence-electron chi connectivity index (χ4n) is 2.81. The van der Waals surface area contributed by atoms with E-state index in [9.17, 15) is 30.7 Å². The number of rotatable bonds is 5. The quantitative estimate of drug-likeness (QED) is 0.458. The van der Waals surface area contributed by atoms with Gasteiger partial charge in [0.15, 0.2) is 5.76 Å². The molecule has 31 heavy (non-hydrogen) atoms. The molecule has 0 atom stereocenters. The third kappa shape index (κ3) is 5.53. The molecule has 2 aromatic carbocycles. The lowest BCUT2D eigenvalue weighted by molar-refractivity contribution is -0.137. The van der Waals surface area contributed by atoms with Crippen LogP contribution < -0.4 is 4.90 Å². The molecular weight excluding hydrogens is 431 g/mol. The summed E-state index contributed by atoms with van der Waals surface area (Å²) < 4.78 is 97.3. The highest BCUT2D eigenvalue weighted by Crippen LogP contribution is 2.35. The number of halogens is 7. The molecule has 162 valence electrons. The predicted octanol–water partition coefficient (Wildman–Crippen LogP) is 5.94. The van der Waals surface area contributed by atoms with Crippen LogP contribution in [0.4, 0.5) is 36.4 Å². The van der Waals surface area contributed by atoms with Gasteiger partial charge in [0.1, 0.15) is 12.4 Å². The molecule has 0 aliphatic carbocycles. The third-order valence-corrected chi connectivity index (χ3v) is 4.17. The Hall–Kier alpha value is -3.55. The van der Waals surface area contributed by atoms with Gasteiger partial charge >= 0.3 is 12.4 Å². The number of oxazole rings is 1. The molecule has 0 fully saturated rings. The van der Waals surface area contributed by atoms with Gasteiger partial charge < -0.3 is 9.32 Å². The Kier molecular flexibility index (Phi) is 5.92. The van der Waals surface area contributed by atoms with Crippen molar-refractivity contribution in [1.82, 2.24) is 4.98 Å². The fourth-order valence-corrected chi connectivity index (χ4v) is 2.81. The van der Waals surface area contributed by atoms with E-state index in [-0.39, 0.29) is 11.7 Å². The first-order valence-electron chi connectivity index (χ1n) is 8.60. The number of alkyl halides is 6. The minimum Gasteiger partial charge on any atom is -0.439 e. The summed E-state index contributed by atoms with van der Waals surface area (Å²) >= 11 is 0. The van der Waals surface area contributed by atoms with Gasteiger partial charge in [-0.2, -0.15) is 31.6 Å². The molecule has 4 nitrogen and oxygen atoms in total. The molecule has 0 saturated carbocycles. The van der Waals surface area contributed by atoms with E-state index in [1.807, 2.05) is 0 Å². The standard InChI is InChI=1S/C20H12F7N3O/c21-14-4-1-12(2-5-14)17-9-29-18(31-17)10-30(11-19(22,23)24)15-6-3-13(8-28)16(7-15)20(25,26)27/h1-7,9H,10-11H2. The van der Waals surface area contributed by atoms with Gasteiger partial charge in [-0.25, -0.2) is 9.37 Å². The molecule has 0 amide bonds. The van der Waals surface area contributed by atoms with Gasteiger partial charge in [-0.05, 0) is 42.5 Å². The highest BCUT2D eigenvalue weighted by Gasteiger charge is 2.36. The molecule has 1 aromatic heterocycles. The van der Waals surface area contributed by atoms with Crippen LogP contribution >= 0.6 is 0 Å². The maximum Gasteiger partial charge on any atom is 0.417 e. The highest BCUT2D eigenvalue weighted by molar-refractivity contribution is 5.57. The summed E-state index contributed by atoms with van der Waals surface area (Å²) in [6, 6.07) is 8.72. The van der Waals surface area contributed by atoms with Gasteiger partial charge in [0.25, 0.3) is 0 Å². The SMILES string of the molecule is N#Cc1ccc(N(Cc2ncc(-c3ccc(F)cc3)o2)CC(F)(F)F)cc1C(F)(F)F. The van der Waals surface area contributed by atoms with Crippen molar-refractivity contribution in [2.45, 2.75) is 18.9 Å². The molecule has 0 saturated heterocycles. The largest absolute Gasteiger partial charge is 0.439 e. The van der Waals surface area contributed by atoms with Crippen molar-refractivity contribution < 1.29 is 35.2 Å². The van der Waals surface area contributed by atoms with Crippen LogP contribution in [0.25, 0.3) is 11.3 Å². The van der Waals surface area contributed by atoms with Crippen molar-refractivity contribution in [2.24, 2.45) is 0 Å². The zero-order chi connectivity index (χ0) is 22.8. The smallest absolute Gasteiger partial charge is 0.417 e. The van der Waals surface area contributed by atoms with Crippen molar-refractivity contribution in [1.29, 1.82) is 5.26 Å². The second kappa shape index (κ2) is 8.29. The molecule has 3 aromatic rings. The Morgan fingerprint density at radius 1 is 1.00 bits per heavy atom. The molecule has 0 N–H and O–H groups in total. The van der Waals surface area contributed by atoms with Gasteiger partial charge in [0.2, 0.25) is 5.89 Å². The molecule has 3 rings (SSSR count). The van der Waals surface area contributed by atoms with E-state index in [0.29, 0.717) is 16.5 Å². The summed E-state index contributed by atoms with van der Waals surface area (Å²) in [4.78, 5) is 4.48. The molecule has 0 spiro atoms. The monoisotopic (exact) mass is 443 g/mol. The Morgan fingerprint density at radius 3 is 2.26 bits per heavy atom. The summed E-state index contributed by atoms with van der Waals surface area (Å²) in [6.07, 6.45) is -8.45. The second-order valence-electron chi connectivity index (χ2n) is 6.44. The molecule has 0 bridgehead atoms. The first-order chi connectivity index (χ1) is 14.5. The average Bonchev–Trinajstić information content (AvgIpc) is 3.14. The van der Waals surface area contributed by atoms with Crippen molar-refractivity contribution in [2.75, 3.05) is 11.4 Å². The lowest BCUT2D eigenvalue weighted by atomic mass is 10.1. The zero-order valence-corrected chi connectivity index (χ0v) is 15.4. The number of anilines is 1. The Morgan fingerprint density at radius 2 is 1.68 bits per heavy atom. The molecule has 0 unspecified atom stereocenters.